The molecule has 1 aromatic carbocycles. The van der Waals surface area contributed by atoms with Crippen molar-refractivity contribution in [2.45, 2.75) is 6.42 Å². The number of H-pyrrole nitrogens is 1. The molecule has 21 heavy (non-hydrogen) atoms. The highest BCUT2D eigenvalue weighted by atomic mass is 19.1. The van der Waals surface area contributed by atoms with E-state index in [2.05, 4.69) is 30.8 Å². The molecule has 0 saturated carbocycles. The van der Waals surface area contributed by atoms with Crippen LogP contribution in [0.4, 0.5) is 16.2 Å². The summed E-state index contributed by atoms with van der Waals surface area (Å²) in [4.78, 5) is 8.61. The molecule has 0 aliphatic heterocycles. The van der Waals surface area contributed by atoms with E-state index in [1.807, 2.05) is 6.07 Å². The Morgan fingerprint density at radius 1 is 1.24 bits per heavy atom. The average molecular weight is 286 g/mol. The number of nitrogens with zero attached hydrogens (tertiary/aromatic N) is 3. The van der Waals surface area contributed by atoms with Crippen molar-refractivity contribution in [1.82, 2.24) is 20.2 Å². The van der Waals surface area contributed by atoms with E-state index in [0.717, 1.165) is 5.39 Å². The van der Waals surface area contributed by atoms with Gasteiger partial charge in [0.15, 0.2) is 5.65 Å². The number of benzene rings is 1. The smallest absolute Gasteiger partial charge is 0.226 e. The normalized spacial score (nSPS) is 10.8. The van der Waals surface area contributed by atoms with Crippen molar-refractivity contribution in [3.05, 3.63) is 41.8 Å². The summed E-state index contributed by atoms with van der Waals surface area (Å²) in [5.74, 6) is 0.987. The summed E-state index contributed by atoms with van der Waals surface area (Å²) < 4.78 is 13.6. The Morgan fingerprint density at radius 3 is 2.90 bits per heavy atom. The molecule has 108 valence electrons. The number of aromatic amines is 1. The lowest BCUT2D eigenvalue weighted by Gasteiger charge is -2.08. The standard InChI is InChI=1S/C14H15FN6/c1-16-14-19-12(10-8-18-21-13(10)20-14)17-7-6-9-4-2-3-5-11(9)15/h2-5,8H,6-7H2,1H3,(H3,16,17,18,19,20,21). The van der Waals surface area contributed by atoms with Gasteiger partial charge in [0.25, 0.3) is 0 Å². The van der Waals surface area contributed by atoms with E-state index in [-0.39, 0.29) is 5.82 Å². The third kappa shape index (κ3) is 2.76. The van der Waals surface area contributed by atoms with Crippen LogP contribution in [0.1, 0.15) is 5.56 Å². The maximum Gasteiger partial charge on any atom is 0.226 e. The van der Waals surface area contributed by atoms with Crippen LogP contribution in [0.3, 0.4) is 0 Å². The largest absolute Gasteiger partial charge is 0.369 e. The lowest BCUT2D eigenvalue weighted by molar-refractivity contribution is 0.610. The van der Waals surface area contributed by atoms with Gasteiger partial charge in [-0.3, -0.25) is 5.10 Å². The first-order chi connectivity index (χ1) is 10.3. The van der Waals surface area contributed by atoms with Gasteiger partial charge in [-0.2, -0.15) is 15.1 Å². The summed E-state index contributed by atoms with van der Waals surface area (Å²) in [6.45, 7) is 0.571. The van der Waals surface area contributed by atoms with E-state index in [9.17, 15) is 4.39 Å². The minimum Gasteiger partial charge on any atom is -0.369 e. The molecule has 7 heteroatoms. The average Bonchev–Trinajstić information content (AvgIpc) is 2.97. The first-order valence-corrected chi connectivity index (χ1v) is 6.64. The van der Waals surface area contributed by atoms with Crippen LogP contribution in [0.15, 0.2) is 30.5 Å². The van der Waals surface area contributed by atoms with E-state index in [0.29, 0.717) is 35.9 Å². The highest BCUT2D eigenvalue weighted by Gasteiger charge is 2.08. The van der Waals surface area contributed by atoms with Crippen LogP contribution < -0.4 is 10.6 Å². The molecular formula is C14H15FN6. The van der Waals surface area contributed by atoms with Gasteiger partial charge >= 0.3 is 0 Å². The molecule has 0 saturated heterocycles. The number of hydrogen-bond acceptors (Lipinski definition) is 5. The van der Waals surface area contributed by atoms with Crippen molar-refractivity contribution in [3.8, 4) is 0 Å². The van der Waals surface area contributed by atoms with E-state index in [4.69, 9.17) is 0 Å². The van der Waals surface area contributed by atoms with Crippen LogP contribution in [0.25, 0.3) is 11.0 Å². The number of aromatic nitrogens is 4. The van der Waals surface area contributed by atoms with Gasteiger partial charge in [-0.15, -0.1) is 0 Å². The molecule has 3 aromatic rings. The van der Waals surface area contributed by atoms with E-state index >= 15 is 0 Å². The molecule has 3 rings (SSSR count). The predicted octanol–water partition coefficient (Wildman–Crippen LogP) is 2.19. The molecule has 3 N–H and O–H groups in total. The minimum atomic E-state index is -0.189. The zero-order valence-electron chi connectivity index (χ0n) is 11.5. The van der Waals surface area contributed by atoms with Crippen molar-refractivity contribution in [1.29, 1.82) is 0 Å². The summed E-state index contributed by atoms with van der Waals surface area (Å²) in [7, 11) is 1.75. The quantitative estimate of drug-likeness (QED) is 0.670. The third-order valence-corrected chi connectivity index (χ3v) is 3.18. The van der Waals surface area contributed by atoms with Crippen LogP contribution >= 0.6 is 0 Å². The molecule has 0 atom stereocenters. The molecule has 6 nitrogen and oxygen atoms in total. The number of halogens is 1. The van der Waals surface area contributed by atoms with E-state index < -0.39 is 0 Å². The van der Waals surface area contributed by atoms with Crippen molar-refractivity contribution >= 4 is 22.8 Å². The Bertz CT molecular complexity index is 754. The molecule has 2 heterocycles. The zero-order valence-corrected chi connectivity index (χ0v) is 11.5. The van der Waals surface area contributed by atoms with Crippen LogP contribution in [0, 0.1) is 5.82 Å². The Morgan fingerprint density at radius 2 is 2.10 bits per heavy atom. The lowest BCUT2D eigenvalue weighted by Crippen LogP contribution is -2.09. The van der Waals surface area contributed by atoms with E-state index in [1.54, 1.807) is 25.4 Å². The molecule has 0 fully saturated rings. The topological polar surface area (TPSA) is 78.5 Å². The van der Waals surface area contributed by atoms with Crippen molar-refractivity contribution in [2.24, 2.45) is 0 Å². The highest BCUT2D eigenvalue weighted by Crippen LogP contribution is 2.19. The Hall–Kier alpha value is -2.70. The molecule has 0 radical (unpaired) electrons. The molecule has 0 aliphatic rings. The molecule has 0 spiro atoms. The number of rotatable bonds is 5. The minimum absolute atomic E-state index is 0.189. The number of fused-ring (bicyclic) bond motifs is 1. The summed E-state index contributed by atoms with van der Waals surface area (Å²) in [6.07, 6.45) is 2.24. The third-order valence-electron chi connectivity index (χ3n) is 3.18. The molecule has 0 amide bonds. The SMILES string of the molecule is CNc1nc(NCCc2ccccc2F)c2cn[nH]c2n1. The fourth-order valence-corrected chi connectivity index (χ4v) is 2.10. The summed E-state index contributed by atoms with van der Waals surface area (Å²) in [5, 5.41) is 13.7. The van der Waals surface area contributed by atoms with Gasteiger partial charge in [0.2, 0.25) is 5.95 Å². The maximum atomic E-state index is 13.6. The molecule has 0 aliphatic carbocycles. The van der Waals surface area contributed by atoms with Gasteiger partial charge in [0, 0.05) is 13.6 Å². The van der Waals surface area contributed by atoms with Gasteiger partial charge in [-0.1, -0.05) is 18.2 Å². The predicted molar refractivity (Wildman–Crippen MR) is 79.8 cm³/mol. The first kappa shape index (κ1) is 13.3. The summed E-state index contributed by atoms with van der Waals surface area (Å²) in [6, 6.07) is 6.76. The Balaban J connectivity index is 1.76. The van der Waals surface area contributed by atoms with Gasteiger partial charge in [-0.25, -0.2) is 4.39 Å². The molecule has 2 aromatic heterocycles. The first-order valence-electron chi connectivity index (χ1n) is 6.64. The maximum absolute atomic E-state index is 13.6. The van der Waals surface area contributed by atoms with Gasteiger partial charge < -0.3 is 10.6 Å². The van der Waals surface area contributed by atoms with Crippen LogP contribution in [0.2, 0.25) is 0 Å². The lowest BCUT2D eigenvalue weighted by atomic mass is 10.1. The van der Waals surface area contributed by atoms with Crippen molar-refractivity contribution in [2.75, 3.05) is 24.2 Å². The summed E-state index contributed by atoms with van der Waals surface area (Å²) in [5.41, 5.74) is 1.33. The van der Waals surface area contributed by atoms with Gasteiger partial charge in [-0.05, 0) is 18.1 Å². The monoisotopic (exact) mass is 286 g/mol. The Kier molecular flexibility index (Phi) is 3.63. The number of hydrogen-bond donors (Lipinski definition) is 3. The summed E-state index contributed by atoms with van der Waals surface area (Å²) >= 11 is 0. The van der Waals surface area contributed by atoms with Crippen LogP contribution in [-0.2, 0) is 6.42 Å². The van der Waals surface area contributed by atoms with Gasteiger partial charge in [0.1, 0.15) is 11.6 Å². The van der Waals surface area contributed by atoms with Crippen molar-refractivity contribution < 1.29 is 4.39 Å². The Labute approximate surface area is 120 Å². The number of anilines is 2. The second-order valence-corrected chi connectivity index (χ2v) is 4.55. The second-order valence-electron chi connectivity index (χ2n) is 4.55. The fraction of sp³-hybridized carbons (Fsp3) is 0.214. The van der Waals surface area contributed by atoms with Crippen LogP contribution in [0.5, 0.6) is 0 Å². The second kappa shape index (κ2) is 5.74. The van der Waals surface area contributed by atoms with Crippen molar-refractivity contribution in [3.63, 3.8) is 0 Å². The molecular weight excluding hydrogens is 271 g/mol. The molecule has 0 bridgehead atoms. The van der Waals surface area contributed by atoms with E-state index in [1.165, 1.54) is 6.07 Å². The van der Waals surface area contributed by atoms with Crippen LogP contribution in [-0.4, -0.2) is 33.8 Å². The van der Waals surface area contributed by atoms with Gasteiger partial charge in [0.05, 0.1) is 11.6 Å². The zero-order chi connectivity index (χ0) is 14.7. The molecule has 0 unspecified atom stereocenters. The highest BCUT2D eigenvalue weighted by molar-refractivity contribution is 5.86. The number of nitrogens with one attached hydrogen (secondary N) is 3. The fourth-order valence-electron chi connectivity index (χ4n) is 2.10.